The van der Waals surface area contributed by atoms with Gasteiger partial charge in [0.1, 0.15) is 0 Å². The Morgan fingerprint density at radius 1 is 1.26 bits per heavy atom. The number of rotatable bonds is 3. The molecule has 1 aliphatic rings. The molecule has 23 heavy (non-hydrogen) atoms. The Labute approximate surface area is 140 Å². The fourth-order valence-corrected chi connectivity index (χ4v) is 3.19. The molecule has 0 spiro atoms. The smallest absolute Gasteiger partial charge is 0.315 e. The summed E-state index contributed by atoms with van der Waals surface area (Å²) >= 11 is 5.98. The summed E-state index contributed by atoms with van der Waals surface area (Å²) in [6.45, 7) is 1.89. The van der Waals surface area contributed by atoms with Gasteiger partial charge in [-0.1, -0.05) is 48.0 Å². The van der Waals surface area contributed by atoms with Crippen LogP contribution in [-0.2, 0) is 6.42 Å². The van der Waals surface area contributed by atoms with E-state index in [4.69, 9.17) is 11.6 Å². The van der Waals surface area contributed by atoms with Crippen molar-refractivity contribution in [2.75, 3.05) is 0 Å². The zero-order chi connectivity index (χ0) is 16.4. The predicted octanol–water partition coefficient (Wildman–Crippen LogP) is 3.36. The van der Waals surface area contributed by atoms with E-state index in [2.05, 4.69) is 10.6 Å². The maximum absolute atomic E-state index is 12.3. The van der Waals surface area contributed by atoms with Gasteiger partial charge in [0.25, 0.3) is 0 Å². The van der Waals surface area contributed by atoms with Crippen LogP contribution in [0.25, 0.3) is 0 Å². The SMILES string of the molecule is CC(NC(=O)NC1c2ccccc2CC1O)c1cccc(Cl)c1. The molecule has 0 fully saturated rings. The van der Waals surface area contributed by atoms with Crippen molar-refractivity contribution in [2.24, 2.45) is 0 Å². The number of urea groups is 1. The lowest BCUT2D eigenvalue weighted by Crippen LogP contribution is -2.41. The zero-order valence-electron chi connectivity index (χ0n) is 12.8. The van der Waals surface area contributed by atoms with E-state index in [0.29, 0.717) is 11.4 Å². The first kappa shape index (κ1) is 15.8. The van der Waals surface area contributed by atoms with Gasteiger partial charge in [0.15, 0.2) is 0 Å². The third-order valence-electron chi connectivity index (χ3n) is 4.19. The maximum Gasteiger partial charge on any atom is 0.315 e. The Kier molecular flexibility index (Phi) is 4.55. The normalized spacial score (nSPS) is 20.7. The fraction of sp³-hybridized carbons (Fsp3) is 0.278. The van der Waals surface area contributed by atoms with Gasteiger partial charge in [-0.15, -0.1) is 0 Å². The van der Waals surface area contributed by atoms with Gasteiger partial charge in [-0.25, -0.2) is 4.79 Å². The molecule has 5 heteroatoms. The van der Waals surface area contributed by atoms with Crippen molar-refractivity contribution >= 4 is 17.6 Å². The van der Waals surface area contributed by atoms with Crippen molar-refractivity contribution in [2.45, 2.75) is 31.5 Å². The molecule has 0 bridgehead atoms. The minimum Gasteiger partial charge on any atom is -0.390 e. The van der Waals surface area contributed by atoms with Crippen LogP contribution in [0.1, 0.15) is 35.7 Å². The van der Waals surface area contributed by atoms with E-state index in [9.17, 15) is 9.90 Å². The molecule has 4 nitrogen and oxygen atoms in total. The van der Waals surface area contributed by atoms with Gasteiger partial charge >= 0.3 is 6.03 Å². The molecular weight excluding hydrogens is 312 g/mol. The number of fused-ring (bicyclic) bond motifs is 1. The molecule has 0 saturated heterocycles. The Bertz CT molecular complexity index is 720. The van der Waals surface area contributed by atoms with Gasteiger partial charge < -0.3 is 15.7 Å². The second-order valence-electron chi connectivity index (χ2n) is 5.84. The highest BCUT2D eigenvalue weighted by molar-refractivity contribution is 6.30. The highest BCUT2D eigenvalue weighted by atomic mass is 35.5. The molecule has 2 amide bonds. The highest BCUT2D eigenvalue weighted by Crippen LogP contribution is 2.31. The van der Waals surface area contributed by atoms with Gasteiger partial charge in [-0.2, -0.15) is 0 Å². The van der Waals surface area contributed by atoms with E-state index >= 15 is 0 Å². The Morgan fingerprint density at radius 3 is 2.83 bits per heavy atom. The average Bonchev–Trinajstić information content (AvgIpc) is 2.83. The van der Waals surface area contributed by atoms with Crippen molar-refractivity contribution < 1.29 is 9.90 Å². The standard InChI is InChI=1S/C18H19ClN2O2/c1-11(12-6-4-7-14(19)9-12)20-18(23)21-17-15-8-3-2-5-13(15)10-16(17)22/h2-9,11,16-17,22H,10H2,1H3,(H2,20,21,23). The number of hydrogen-bond donors (Lipinski definition) is 3. The molecule has 0 radical (unpaired) electrons. The first-order chi connectivity index (χ1) is 11.0. The summed E-state index contributed by atoms with van der Waals surface area (Å²) in [5.74, 6) is 0. The first-order valence-corrected chi connectivity index (χ1v) is 8.01. The number of nitrogens with one attached hydrogen (secondary N) is 2. The number of benzene rings is 2. The fourth-order valence-electron chi connectivity index (χ4n) is 2.99. The zero-order valence-corrected chi connectivity index (χ0v) is 13.5. The van der Waals surface area contributed by atoms with Gasteiger partial charge in [0.05, 0.1) is 18.2 Å². The summed E-state index contributed by atoms with van der Waals surface area (Å²) in [7, 11) is 0. The quantitative estimate of drug-likeness (QED) is 0.808. The molecule has 0 saturated carbocycles. The number of hydrogen-bond acceptors (Lipinski definition) is 2. The summed E-state index contributed by atoms with van der Waals surface area (Å²) in [5, 5.41) is 16.6. The first-order valence-electron chi connectivity index (χ1n) is 7.63. The molecule has 3 unspecified atom stereocenters. The van der Waals surface area contributed by atoms with Crippen LogP contribution >= 0.6 is 11.6 Å². The van der Waals surface area contributed by atoms with E-state index < -0.39 is 6.10 Å². The second kappa shape index (κ2) is 6.60. The number of halogens is 1. The Morgan fingerprint density at radius 2 is 2.04 bits per heavy atom. The third-order valence-corrected chi connectivity index (χ3v) is 4.42. The number of aliphatic hydroxyl groups is 1. The van der Waals surface area contributed by atoms with E-state index in [1.807, 2.05) is 49.4 Å². The van der Waals surface area contributed by atoms with Crippen molar-refractivity contribution in [1.82, 2.24) is 10.6 Å². The molecule has 1 aliphatic carbocycles. The largest absolute Gasteiger partial charge is 0.390 e. The molecule has 0 aliphatic heterocycles. The molecule has 0 aromatic heterocycles. The summed E-state index contributed by atoms with van der Waals surface area (Å²) in [5.41, 5.74) is 2.98. The van der Waals surface area contributed by atoms with Crippen molar-refractivity contribution in [3.8, 4) is 0 Å². The number of carbonyl (C=O) groups is 1. The minimum atomic E-state index is -0.598. The van der Waals surface area contributed by atoms with Crippen LogP contribution in [-0.4, -0.2) is 17.2 Å². The minimum absolute atomic E-state index is 0.178. The molecule has 3 rings (SSSR count). The number of carbonyl (C=O) groups excluding carboxylic acids is 1. The monoisotopic (exact) mass is 330 g/mol. The molecule has 2 aromatic carbocycles. The van der Waals surface area contributed by atoms with E-state index in [1.165, 1.54) is 0 Å². The van der Waals surface area contributed by atoms with Crippen LogP contribution in [0.3, 0.4) is 0 Å². The average molecular weight is 331 g/mol. The Balaban J connectivity index is 1.66. The Hall–Kier alpha value is -2.04. The maximum atomic E-state index is 12.3. The number of amides is 2. The summed E-state index contributed by atoms with van der Waals surface area (Å²) in [6, 6.07) is 14.3. The van der Waals surface area contributed by atoms with Gasteiger partial charge in [0, 0.05) is 11.4 Å². The molecule has 0 heterocycles. The van der Waals surface area contributed by atoms with Crippen LogP contribution in [0, 0.1) is 0 Å². The topological polar surface area (TPSA) is 61.4 Å². The van der Waals surface area contributed by atoms with Crippen molar-refractivity contribution in [3.05, 3.63) is 70.2 Å². The van der Waals surface area contributed by atoms with E-state index in [1.54, 1.807) is 6.07 Å². The molecule has 120 valence electrons. The molecular formula is C18H19ClN2O2. The lowest BCUT2D eigenvalue weighted by Gasteiger charge is -2.21. The van der Waals surface area contributed by atoms with Gasteiger partial charge in [0.2, 0.25) is 0 Å². The summed E-state index contributed by atoms with van der Waals surface area (Å²) in [6.07, 6.45) is -0.0371. The van der Waals surface area contributed by atoms with E-state index in [0.717, 1.165) is 16.7 Å². The molecule has 3 atom stereocenters. The number of aliphatic hydroxyl groups excluding tert-OH is 1. The van der Waals surface area contributed by atoms with Crippen LogP contribution < -0.4 is 10.6 Å². The highest BCUT2D eigenvalue weighted by Gasteiger charge is 2.32. The van der Waals surface area contributed by atoms with Gasteiger partial charge in [-0.05, 0) is 35.7 Å². The van der Waals surface area contributed by atoms with Gasteiger partial charge in [-0.3, -0.25) is 0 Å². The van der Waals surface area contributed by atoms with Crippen LogP contribution in [0.5, 0.6) is 0 Å². The van der Waals surface area contributed by atoms with Crippen LogP contribution in [0.15, 0.2) is 48.5 Å². The van der Waals surface area contributed by atoms with Crippen molar-refractivity contribution in [1.29, 1.82) is 0 Å². The predicted molar refractivity (Wildman–Crippen MR) is 90.4 cm³/mol. The summed E-state index contributed by atoms with van der Waals surface area (Å²) in [4.78, 5) is 12.3. The molecule has 2 aromatic rings. The third kappa shape index (κ3) is 3.49. The van der Waals surface area contributed by atoms with Crippen LogP contribution in [0.2, 0.25) is 5.02 Å². The second-order valence-corrected chi connectivity index (χ2v) is 6.28. The van der Waals surface area contributed by atoms with E-state index in [-0.39, 0.29) is 18.1 Å². The lowest BCUT2D eigenvalue weighted by molar-refractivity contribution is 0.142. The van der Waals surface area contributed by atoms with Crippen molar-refractivity contribution in [3.63, 3.8) is 0 Å². The lowest BCUT2D eigenvalue weighted by atomic mass is 10.1. The van der Waals surface area contributed by atoms with Crippen LogP contribution in [0.4, 0.5) is 4.79 Å². The summed E-state index contributed by atoms with van der Waals surface area (Å²) < 4.78 is 0. The molecule has 3 N–H and O–H groups in total.